The largest absolute Gasteiger partial charge is 0.344 e. The van der Waals surface area contributed by atoms with E-state index in [1.807, 2.05) is 13.8 Å². The molecule has 0 spiro atoms. The second kappa shape index (κ2) is 12.5. The van der Waals surface area contributed by atoms with Crippen molar-refractivity contribution in [3.05, 3.63) is 46.5 Å². The van der Waals surface area contributed by atoms with Gasteiger partial charge in [-0.1, -0.05) is 26.7 Å². The van der Waals surface area contributed by atoms with Crippen LogP contribution in [0.5, 0.6) is 0 Å². The minimum Gasteiger partial charge on any atom is -0.344 e. The van der Waals surface area contributed by atoms with Crippen molar-refractivity contribution in [3.8, 4) is 0 Å². The highest BCUT2D eigenvalue weighted by molar-refractivity contribution is 7.15. The first-order valence-electron chi connectivity index (χ1n) is 10.6. The normalized spacial score (nSPS) is 12.9. The molecular formula is C22H30F2N4O2S. The quantitative estimate of drug-likeness (QED) is 0.419. The third-order valence-electron chi connectivity index (χ3n) is 4.68. The number of hydrogen-bond acceptors (Lipinski definition) is 5. The standard InChI is InChI=1S/C22H30F2N4O2S/c1-4-6-8-25-14(3)19-13-26-22(31-19)28-21(30)18(7-5-2)27-20(29)11-15-9-16(23)12-17(24)10-15/h9-10,12-14,18,25H,4-8,11H2,1-3H3,(H,27,29)(H,26,28,30). The zero-order valence-electron chi connectivity index (χ0n) is 18.1. The molecule has 0 saturated heterocycles. The molecule has 0 aliphatic heterocycles. The van der Waals surface area contributed by atoms with E-state index in [9.17, 15) is 18.4 Å². The van der Waals surface area contributed by atoms with Gasteiger partial charge in [0.05, 0.1) is 6.42 Å². The highest BCUT2D eigenvalue weighted by Crippen LogP contribution is 2.24. The molecule has 1 aromatic carbocycles. The Labute approximate surface area is 185 Å². The number of aromatic nitrogens is 1. The molecule has 0 aliphatic carbocycles. The second-order valence-electron chi connectivity index (χ2n) is 7.45. The summed E-state index contributed by atoms with van der Waals surface area (Å²) in [7, 11) is 0. The van der Waals surface area contributed by atoms with Crippen LogP contribution in [0.15, 0.2) is 24.4 Å². The average Bonchev–Trinajstić information content (AvgIpc) is 3.15. The first kappa shape index (κ1) is 24.9. The highest BCUT2D eigenvalue weighted by atomic mass is 32.1. The predicted octanol–water partition coefficient (Wildman–Crippen LogP) is 4.34. The summed E-state index contributed by atoms with van der Waals surface area (Å²) in [5, 5.41) is 9.30. The molecule has 0 radical (unpaired) electrons. The minimum absolute atomic E-state index is 0.132. The molecule has 0 bridgehead atoms. The van der Waals surface area contributed by atoms with Crippen LogP contribution in [-0.4, -0.2) is 29.4 Å². The van der Waals surface area contributed by atoms with Crippen LogP contribution in [0.25, 0.3) is 0 Å². The number of halogens is 2. The average molecular weight is 453 g/mol. The van der Waals surface area contributed by atoms with E-state index in [1.165, 1.54) is 11.3 Å². The maximum atomic E-state index is 13.3. The molecular weight excluding hydrogens is 422 g/mol. The Morgan fingerprint density at radius 3 is 2.48 bits per heavy atom. The summed E-state index contributed by atoms with van der Waals surface area (Å²) in [5.74, 6) is -2.34. The van der Waals surface area contributed by atoms with Crippen LogP contribution in [-0.2, 0) is 16.0 Å². The number of nitrogens with zero attached hydrogens (tertiary/aromatic N) is 1. The third kappa shape index (κ3) is 8.34. The van der Waals surface area contributed by atoms with Crippen LogP contribution in [0.4, 0.5) is 13.9 Å². The summed E-state index contributed by atoms with van der Waals surface area (Å²) in [5.41, 5.74) is 0.208. The second-order valence-corrected chi connectivity index (χ2v) is 8.51. The van der Waals surface area contributed by atoms with Crippen LogP contribution in [0.2, 0.25) is 0 Å². The molecule has 3 N–H and O–H groups in total. The Kier molecular flexibility index (Phi) is 10.00. The van der Waals surface area contributed by atoms with Crippen LogP contribution in [0.3, 0.4) is 0 Å². The molecule has 2 rings (SSSR count). The van der Waals surface area contributed by atoms with Crippen LogP contribution >= 0.6 is 11.3 Å². The van der Waals surface area contributed by atoms with E-state index in [2.05, 4.69) is 27.9 Å². The molecule has 9 heteroatoms. The van der Waals surface area contributed by atoms with Crippen molar-refractivity contribution in [2.75, 3.05) is 11.9 Å². The molecule has 1 heterocycles. The summed E-state index contributed by atoms with van der Waals surface area (Å²) >= 11 is 1.39. The molecule has 6 nitrogen and oxygen atoms in total. The Balaban J connectivity index is 1.95. The summed E-state index contributed by atoms with van der Waals surface area (Å²) in [4.78, 5) is 30.3. The topological polar surface area (TPSA) is 83.1 Å². The SMILES string of the molecule is CCCCNC(C)c1cnc(NC(=O)C(CCC)NC(=O)Cc2cc(F)cc(F)c2)s1. The van der Waals surface area contributed by atoms with E-state index in [1.54, 1.807) is 6.20 Å². The zero-order chi connectivity index (χ0) is 22.8. The fourth-order valence-corrected chi connectivity index (χ4v) is 3.88. The van der Waals surface area contributed by atoms with E-state index in [0.717, 1.165) is 42.5 Å². The van der Waals surface area contributed by atoms with E-state index in [4.69, 9.17) is 0 Å². The van der Waals surface area contributed by atoms with Gasteiger partial charge in [-0.2, -0.15) is 0 Å². The van der Waals surface area contributed by atoms with Gasteiger partial charge >= 0.3 is 0 Å². The first-order chi connectivity index (χ1) is 14.8. The van der Waals surface area contributed by atoms with Gasteiger partial charge in [0.15, 0.2) is 5.13 Å². The molecule has 0 fully saturated rings. The number of amides is 2. The molecule has 1 aromatic heterocycles. The zero-order valence-corrected chi connectivity index (χ0v) is 19.0. The Bertz CT molecular complexity index is 855. The van der Waals surface area contributed by atoms with E-state index < -0.39 is 23.6 Å². The van der Waals surface area contributed by atoms with Gasteiger partial charge in [-0.15, -0.1) is 11.3 Å². The summed E-state index contributed by atoms with van der Waals surface area (Å²) in [6.07, 6.45) is 4.83. The van der Waals surface area contributed by atoms with Gasteiger partial charge in [0.2, 0.25) is 11.8 Å². The number of thiazole rings is 1. The monoisotopic (exact) mass is 452 g/mol. The Morgan fingerprint density at radius 2 is 1.84 bits per heavy atom. The van der Waals surface area contributed by atoms with Crippen molar-refractivity contribution in [1.29, 1.82) is 0 Å². The van der Waals surface area contributed by atoms with Crippen LogP contribution in [0, 0.1) is 11.6 Å². The summed E-state index contributed by atoms with van der Waals surface area (Å²) in [6, 6.07) is 2.32. The summed E-state index contributed by atoms with van der Waals surface area (Å²) in [6.45, 7) is 7.00. The van der Waals surface area contributed by atoms with E-state index >= 15 is 0 Å². The van der Waals surface area contributed by atoms with Gasteiger partial charge < -0.3 is 16.0 Å². The lowest BCUT2D eigenvalue weighted by atomic mass is 10.1. The maximum absolute atomic E-state index is 13.3. The Morgan fingerprint density at radius 1 is 1.13 bits per heavy atom. The molecule has 0 aliphatic rings. The minimum atomic E-state index is -0.761. The van der Waals surface area contributed by atoms with Crippen molar-refractivity contribution < 1.29 is 18.4 Å². The lowest BCUT2D eigenvalue weighted by Crippen LogP contribution is -2.44. The fraction of sp³-hybridized carbons (Fsp3) is 0.500. The number of unbranched alkanes of at least 4 members (excludes halogenated alkanes) is 1. The molecule has 170 valence electrons. The van der Waals surface area contributed by atoms with Gasteiger partial charge in [0.25, 0.3) is 0 Å². The van der Waals surface area contributed by atoms with Gasteiger partial charge in [0.1, 0.15) is 17.7 Å². The predicted molar refractivity (Wildman–Crippen MR) is 119 cm³/mol. The molecule has 31 heavy (non-hydrogen) atoms. The fourth-order valence-electron chi connectivity index (χ4n) is 3.03. The Hall–Kier alpha value is -2.39. The molecule has 2 unspecified atom stereocenters. The van der Waals surface area contributed by atoms with Gasteiger partial charge in [-0.3, -0.25) is 9.59 Å². The number of carbonyl (C=O) groups is 2. The first-order valence-corrected chi connectivity index (χ1v) is 11.4. The number of hydrogen-bond donors (Lipinski definition) is 3. The third-order valence-corrected chi connectivity index (χ3v) is 5.77. The lowest BCUT2D eigenvalue weighted by Gasteiger charge is -2.17. The van der Waals surface area contributed by atoms with Crippen molar-refractivity contribution >= 4 is 28.3 Å². The maximum Gasteiger partial charge on any atom is 0.248 e. The molecule has 0 saturated carbocycles. The van der Waals surface area contributed by atoms with Crippen molar-refractivity contribution in [3.63, 3.8) is 0 Å². The summed E-state index contributed by atoms with van der Waals surface area (Å²) < 4.78 is 26.7. The number of nitrogens with one attached hydrogen (secondary N) is 3. The highest BCUT2D eigenvalue weighted by Gasteiger charge is 2.22. The lowest BCUT2D eigenvalue weighted by molar-refractivity contribution is -0.126. The molecule has 2 aromatic rings. The number of rotatable bonds is 12. The van der Waals surface area contributed by atoms with Crippen LogP contribution < -0.4 is 16.0 Å². The molecule has 2 atom stereocenters. The number of anilines is 1. The van der Waals surface area contributed by atoms with Crippen molar-refractivity contribution in [1.82, 2.24) is 15.6 Å². The van der Waals surface area contributed by atoms with Gasteiger partial charge in [-0.25, -0.2) is 13.8 Å². The van der Waals surface area contributed by atoms with Gasteiger partial charge in [0, 0.05) is 23.2 Å². The van der Waals surface area contributed by atoms with Crippen molar-refractivity contribution in [2.24, 2.45) is 0 Å². The number of benzene rings is 1. The van der Waals surface area contributed by atoms with Crippen LogP contribution in [0.1, 0.15) is 62.9 Å². The van der Waals surface area contributed by atoms with Gasteiger partial charge in [-0.05, 0) is 44.0 Å². The van der Waals surface area contributed by atoms with E-state index in [0.29, 0.717) is 18.0 Å². The molecule has 2 amide bonds. The van der Waals surface area contributed by atoms with Crippen molar-refractivity contribution in [2.45, 2.75) is 65.0 Å². The number of carbonyl (C=O) groups excluding carboxylic acids is 2. The smallest absolute Gasteiger partial charge is 0.248 e. The van der Waals surface area contributed by atoms with E-state index in [-0.39, 0.29) is 23.9 Å².